The number of ether oxygens (including phenoxy) is 2. The van der Waals surface area contributed by atoms with E-state index in [1.165, 1.54) is 10.9 Å². The zero-order valence-electron chi connectivity index (χ0n) is 14.4. The third-order valence-electron chi connectivity index (χ3n) is 4.41. The predicted molar refractivity (Wildman–Crippen MR) is 94.1 cm³/mol. The highest BCUT2D eigenvalue weighted by atomic mass is 16.6. The SMILES string of the molecule is Nc1nc(OC(=O)c2ccccc2)nc2c1ncn2[C@@H]1O[C@H](CO)[C@@H](O)[C@H]1O. The van der Waals surface area contributed by atoms with E-state index in [9.17, 15) is 20.1 Å². The Kier molecular flexibility index (Phi) is 4.65. The number of nitrogens with zero attached hydrogens (tertiary/aromatic N) is 4. The molecule has 2 aromatic heterocycles. The molecular weight excluding hydrogens is 370 g/mol. The van der Waals surface area contributed by atoms with Crippen LogP contribution in [-0.4, -0.2) is 65.7 Å². The van der Waals surface area contributed by atoms with Crippen molar-refractivity contribution < 1.29 is 29.6 Å². The number of carbonyl (C=O) groups excluding carboxylic acids is 1. The van der Waals surface area contributed by atoms with Crippen molar-refractivity contribution >= 4 is 23.0 Å². The fourth-order valence-electron chi connectivity index (χ4n) is 2.98. The molecule has 0 saturated carbocycles. The van der Waals surface area contributed by atoms with E-state index < -0.39 is 37.1 Å². The molecule has 0 amide bonds. The summed E-state index contributed by atoms with van der Waals surface area (Å²) in [5.74, 6) is -0.704. The molecule has 3 heterocycles. The van der Waals surface area contributed by atoms with Crippen LogP contribution in [0.25, 0.3) is 11.2 Å². The van der Waals surface area contributed by atoms with E-state index in [0.717, 1.165) is 0 Å². The maximum absolute atomic E-state index is 12.2. The zero-order valence-corrected chi connectivity index (χ0v) is 14.4. The first kappa shape index (κ1) is 18.3. The van der Waals surface area contributed by atoms with Gasteiger partial charge in [0.2, 0.25) is 0 Å². The maximum atomic E-state index is 12.2. The van der Waals surface area contributed by atoms with Gasteiger partial charge in [-0.2, -0.15) is 9.97 Å². The number of nitrogens with two attached hydrogens (primary N) is 1. The molecule has 4 rings (SSSR count). The van der Waals surface area contributed by atoms with Gasteiger partial charge in [0, 0.05) is 0 Å². The van der Waals surface area contributed by atoms with Gasteiger partial charge in [0.1, 0.15) is 18.3 Å². The number of aliphatic hydroxyl groups is 3. The van der Waals surface area contributed by atoms with E-state index in [0.29, 0.717) is 5.56 Å². The second-order valence-electron chi connectivity index (χ2n) is 6.20. The van der Waals surface area contributed by atoms with Crippen LogP contribution in [0.15, 0.2) is 36.7 Å². The van der Waals surface area contributed by atoms with Crippen LogP contribution in [0.4, 0.5) is 5.82 Å². The molecule has 1 aromatic carbocycles. The highest BCUT2D eigenvalue weighted by Crippen LogP contribution is 2.32. The molecule has 0 spiro atoms. The van der Waals surface area contributed by atoms with E-state index in [4.69, 9.17) is 15.2 Å². The van der Waals surface area contributed by atoms with Gasteiger partial charge in [-0.3, -0.25) is 4.57 Å². The Morgan fingerprint density at radius 3 is 2.64 bits per heavy atom. The van der Waals surface area contributed by atoms with Crippen LogP contribution in [0, 0.1) is 0 Å². The Balaban J connectivity index is 1.68. The van der Waals surface area contributed by atoms with Gasteiger partial charge in [-0.05, 0) is 12.1 Å². The first-order valence-corrected chi connectivity index (χ1v) is 8.39. The molecule has 11 heteroatoms. The van der Waals surface area contributed by atoms with Crippen molar-refractivity contribution in [3.63, 3.8) is 0 Å². The molecule has 5 N–H and O–H groups in total. The maximum Gasteiger partial charge on any atom is 0.345 e. The average Bonchev–Trinajstić information content (AvgIpc) is 3.24. The molecular formula is C17H17N5O6. The van der Waals surface area contributed by atoms with Crippen LogP contribution in [0.3, 0.4) is 0 Å². The number of rotatable bonds is 4. The second kappa shape index (κ2) is 7.13. The fourth-order valence-corrected chi connectivity index (χ4v) is 2.98. The normalized spacial score (nSPS) is 24.5. The number of nitrogen functional groups attached to an aromatic ring is 1. The van der Waals surface area contributed by atoms with Crippen molar-refractivity contribution in [1.82, 2.24) is 19.5 Å². The van der Waals surface area contributed by atoms with Crippen molar-refractivity contribution in [2.45, 2.75) is 24.5 Å². The van der Waals surface area contributed by atoms with Crippen LogP contribution in [-0.2, 0) is 4.74 Å². The first-order valence-electron chi connectivity index (χ1n) is 8.39. The van der Waals surface area contributed by atoms with Crippen molar-refractivity contribution in [3.05, 3.63) is 42.2 Å². The quantitative estimate of drug-likeness (QED) is 0.418. The number of aromatic nitrogens is 4. The largest absolute Gasteiger partial charge is 0.394 e. The number of benzene rings is 1. The molecule has 1 aliphatic rings. The Labute approximate surface area is 158 Å². The topological polar surface area (TPSA) is 166 Å². The fraction of sp³-hybridized carbons (Fsp3) is 0.294. The van der Waals surface area contributed by atoms with Gasteiger partial charge in [0.25, 0.3) is 0 Å². The minimum absolute atomic E-state index is 0.0358. The number of hydrogen-bond donors (Lipinski definition) is 4. The van der Waals surface area contributed by atoms with Gasteiger partial charge in [-0.15, -0.1) is 0 Å². The lowest BCUT2D eigenvalue weighted by Gasteiger charge is -2.16. The van der Waals surface area contributed by atoms with Crippen LogP contribution in [0.5, 0.6) is 6.01 Å². The van der Waals surface area contributed by atoms with E-state index in [2.05, 4.69) is 15.0 Å². The van der Waals surface area contributed by atoms with E-state index >= 15 is 0 Å². The lowest BCUT2D eigenvalue weighted by atomic mass is 10.1. The molecule has 4 atom stereocenters. The Bertz CT molecular complexity index is 1010. The molecule has 0 aliphatic carbocycles. The van der Waals surface area contributed by atoms with Crippen LogP contribution < -0.4 is 10.5 Å². The summed E-state index contributed by atoms with van der Waals surface area (Å²) in [5, 5.41) is 29.4. The number of aliphatic hydroxyl groups excluding tert-OH is 3. The summed E-state index contributed by atoms with van der Waals surface area (Å²) in [6, 6.07) is 7.99. The molecule has 0 unspecified atom stereocenters. The minimum atomic E-state index is -1.33. The second-order valence-corrected chi connectivity index (χ2v) is 6.20. The molecule has 1 aliphatic heterocycles. The summed E-state index contributed by atoms with van der Waals surface area (Å²) in [6.07, 6.45) is -3.35. The van der Waals surface area contributed by atoms with E-state index in [1.807, 2.05) is 0 Å². The lowest BCUT2D eigenvalue weighted by Crippen LogP contribution is -2.33. The van der Waals surface area contributed by atoms with Crippen LogP contribution in [0.1, 0.15) is 16.6 Å². The standard InChI is InChI=1S/C17H17N5O6/c18-13-10-14(21-17(20-13)28-16(26)8-4-2-1-3-5-8)22(7-19-10)15-12(25)11(24)9(6-23)27-15/h1-5,7,9,11-12,15,23-25H,6H2,(H2,18,20,21)/t9-,11-,12-,15-/m1/s1. The number of imidazole rings is 1. The summed E-state index contributed by atoms with van der Waals surface area (Å²) in [5.41, 5.74) is 6.54. The van der Waals surface area contributed by atoms with Crippen molar-refractivity contribution in [1.29, 1.82) is 0 Å². The molecule has 28 heavy (non-hydrogen) atoms. The summed E-state index contributed by atoms with van der Waals surface area (Å²) in [6.45, 7) is -0.474. The Hall–Kier alpha value is -3.12. The lowest BCUT2D eigenvalue weighted by molar-refractivity contribution is -0.0511. The zero-order chi connectivity index (χ0) is 19.8. The summed E-state index contributed by atoms with van der Waals surface area (Å²) < 4.78 is 12.0. The average molecular weight is 387 g/mol. The molecule has 0 bridgehead atoms. The number of anilines is 1. The smallest absolute Gasteiger partial charge is 0.345 e. The van der Waals surface area contributed by atoms with Crippen molar-refractivity contribution in [2.75, 3.05) is 12.3 Å². The minimum Gasteiger partial charge on any atom is -0.394 e. The van der Waals surface area contributed by atoms with E-state index in [1.54, 1.807) is 30.3 Å². The molecule has 0 radical (unpaired) electrons. The van der Waals surface area contributed by atoms with Gasteiger partial charge in [-0.1, -0.05) is 18.2 Å². The summed E-state index contributed by atoms with van der Waals surface area (Å²) in [7, 11) is 0. The highest BCUT2D eigenvalue weighted by molar-refractivity contribution is 5.91. The third-order valence-corrected chi connectivity index (χ3v) is 4.41. The number of esters is 1. The third kappa shape index (κ3) is 3.05. The van der Waals surface area contributed by atoms with Crippen molar-refractivity contribution in [3.8, 4) is 6.01 Å². The molecule has 1 fully saturated rings. The highest BCUT2D eigenvalue weighted by Gasteiger charge is 2.44. The molecule has 11 nitrogen and oxygen atoms in total. The van der Waals surface area contributed by atoms with Crippen LogP contribution in [0.2, 0.25) is 0 Å². The van der Waals surface area contributed by atoms with Crippen molar-refractivity contribution in [2.24, 2.45) is 0 Å². The van der Waals surface area contributed by atoms with Gasteiger partial charge in [0.15, 0.2) is 23.2 Å². The Morgan fingerprint density at radius 2 is 1.96 bits per heavy atom. The monoisotopic (exact) mass is 387 g/mol. The number of hydrogen-bond acceptors (Lipinski definition) is 10. The molecule has 3 aromatic rings. The Morgan fingerprint density at radius 1 is 1.21 bits per heavy atom. The van der Waals surface area contributed by atoms with Gasteiger partial charge < -0.3 is 30.5 Å². The summed E-state index contributed by atoms with van der Waals surface area (Å²) >= 11 is 0. The van der Waals surface area contributed by atoms with E-state index in [-0.39, 0.29) is 23.0 Å². The first-order chi connectivity index (χ1) is 13.5. The molecule has 1 saturated heterocycles. The number of carbonyl (C=O) groups is 1. The van der Waals surface area contributed by atoms with Crippen LogP contribution >= 0.6 is 0 Å². The summed E-state index contributed by atoms with van der Waals surface area (Å²) in [4.78, 5) is 24.4. The number of fused-ring (bicyclic) bond motifs is 1. The predicted octanol–water partition coefficient (Wildman–Crippen LogP) is -0.761. The van der Waals surface area contributed by atoms with Gasteiger partial charge in [-0.25, -0.2) is 9.78 Å². The van der Waals surface area contributed by atoms with Gasteiger partial charge >= 0.3 is 12.0 Å². The van der Waals surface area contributed by atoms with Gasteiger partial charge in [0.05, 0.1) is 18.5 Å². The molecule has 146 valence electrons.